The second-order valence-electron chi connectivity index (χ2n) is 4.45. The van der Waals surface area contributed by atoms with Crippen molar-refractivity contribution in [2.45, 2.75) is 34.1 Å². The van der Waals surface area contributed by atoms with Crippen LogP contribution in [0.15, 0.2) is 36.5 Å². The number of nitrogens with two attached hydrogens (primary N) is 1. The smallest absolute Gasteiger partial charge is 0.269 e. The number of rotatable bonds is 3. The highest BCUT2D eigenvalue weighted by atomic mass is 19.1. The second kappa shape index (κ2) is 11.9. The first-order valence-electron chi connectivity index (χ1n) is 7.92. The van der Waals surface area contributed by atoms with Gasteiger partial charge in [0, 0.05) is 25.4 Å². The van der Waals surface area contributed by atoms with Crippen molar-refractivity contribution in [2.24, 2.45) is 0 Å². The van der Waals surface area contributed by atoms with E-state index in [1.54, 1.807) is 12.1 Å². The molecule has 0 bridgehead atoms. The molecule has 0 saturated heterocycles. The summed E-state index contributed by atoms with van der Waals surface area (Å²) in [6.07, 6.45) is 2.69. The zero-order valence-electron chi connectivity index (χ0n) is 14.9. The number of nitrogens with one attached hydrogen (secondary N) is 1. The highest BCUT2D eigenvalue weighted by molar-refractivity contribution is 5.92. The molecule has 1 aromatic carbocycles. The molecule has 1 heterocycles. The predicted molar refractivity (Wildman–Crippen MR) is 95.8 cm³/mol. The van der Waals surface area contributed by atoms with Crippen LogP contribution in [0.4, 0.5) is 10.1 Å². The van der Waals surface area contributed by atoms with Gasteiger partial charge in [-0.2, -0.15) is 0 Å². The number of pyridine rings is 1. The first-order valence-corrected chi connectivity index (χ1v) is 7.92. The summed E-state index contributed by atoms with van der Waals surface area (Å²) in [5.74, 6) is -0.203. The van der Waals surface area contributed by atoms with E-state index in [1.807, 2.05) is 13.8 Å². The average molecular weight is 335 g/mol. The van der Waals surface area contributed by atoms with E-state index in [4.69, 9.17) is 10.5 Å². The number of aromatic nitrogens is 1. The monoisotopic (exact) mass is 335 g/mol. The Balaban J connectivity index is 0.000000952. The molecule has 0 fully saturated rings. The highest BCUT2D eigenvalue weighted by Gasteiger charge is 2.07. The van der Waals surface area contributed by atoms with Crippen LogP contribution in [0, 0.1) is 5.82 Å². The fraction of sp³-hybridized carbons (Fsp3) is 0.333. The third-order valence-electron chi connectivity index (χ3n) is 2.40. The van der Waals surface area contributed by atoms with Gasteiger partial charge in [-0.15, -0.1) is 0 Å². The van der Waals surface area contributed by atoms with E-state index in [-0.39, 0.29) is 17.3 Å². The number of nitrogen functional groups attached to an aromatic ring is 1. The Hall–Kier alpha value is -2.63. The number of carbonyl (C=O) groups is 1. The van der Waals surface area contributed by atoms with Gasteiger partial charge >= 0.3 is 0 Å². The maximum Gasteiger partial charge on any atom is 0.269 e. The predicted octanol–water partition coefficient (Wildman–Crippen LogP) is 4.40. The van der Waals surface area contributed by atoms with Crippen molar-refractivity contribution in [1.82, 2.24) is 10.3 Å². The first kappa shape index (κ1) is 21.4. The van der Waals surface area contributed by atoms with Crippen LogP contribution in [-0.2, 0) is 0 Å². The Bertz CT molecular complexity index is 633. The minimum Gasteiger partial charge on any atom is -0.457 e. The maximum absolute atomic E-state index is 13.3. The van der Waals surface area contributed by atoms with Crippen LogP contribution in [0.1, 0.15) is 44.6 Å². The van der Waals surface area contributed by atoms with Crippen LogP contribution < -0.4 is 15.8 Å². The third kappa shape index (κ3) is 7.09. The van der Waals surface area contributed by atoms with Gasteiger partial charge in [0.05, 0.1) is 5.69 Å². The zero-order chi connectivity index (χ0) is 18.5. The fourth-order valence-corrected chi connectivity index (χ4v) is 1.43. The molecule has 0 atom stereocenters. The Morgan fingerprint density at radius 3 is 2.33 bits per heavy atom. The van der Waals surface area contributed by atoms with Crippen molar-refractivity contribution in [3.8, 4) is 11.5 Å². The van der Waals surface area contributed by atoms with Gasteiger partial charge in [0.15, 0.2) is 0 Å². The van der Waals surface area contributed by atoms with Gasteiger partial charge in [-0.25, -0.2) is 4.39 Å². The van der Waals surface area contributed by atoms with Gasteiger partial charge in [-0.3, -0.25) is 9.78 Å². The topological polar surface area (TPSA) is 77.2 Å². The van der Waals surface area contributed by atoms with Gasteiger partial charge in [0.1, 0.15) is 23.0 Å². The van der Waals surface area contributed by atoms with Gasteiger partial charge < -0.3 is 15.8 Å². The first-order chi connectivity index (χ1) is 11.5. The molecule has 2 aromatic rings. The van der Waals surface area contributed by atoms with Crippen LogP contribution in [0.3, 0.4) is 0 Å². The Labute approximate surface area is 143 Å². The number of nitrogens with zero attached hydrogens (tertiary/aromatic N) is 1. The molecule has 24 heavy (non-hydrogen) atoms. The van der Waals surface area contributed by atoms with Gasteiger partial charge in [0.2, 0.25) is 0 Å². The van der Waals surface area contributed by atoms with Crippen LogP contribution in [0.25, 0.3) is 0 Å². The molecular weight excluding hydrogens is 309 g/mol. The number of anilines is 1. The lowest BCUT2D eigenvalue weighted by atomic mass is 10.3. The maximum atomic E-state index is 13.3. The lowest BCUT2D eigenvalue weighted by Gasteiger charge is -2.07. The number of halogens is 1. The number of carbonyl (C=O) groups excluding carboxylic acids is 1. The van der Waals surface area contributed by atoms with Gasteiger partial charge in [0.25, 0.3) is 5.91 Å². The molecular formula is C18H26FN3O2. The zero-order valence-corrected chi connectivity index (χ0v) is 14.9. The van der Waals surface area contributed by atoms with Crippen LogP contribution in [0.5, 0.6) is 11.5 Å². The van der Waals surface area contributed by atoms with Crippen molar-refractivity contribution in [2.75, 3.05) is 12.8 Å². The number of amides is 1. The molecule has 0 aliphatic carbocycles. The summed E-state index contributed by atoms with van der Waals surface area (Å²) < 4.78 is 18.7. The van der Waals surface area contributed by atoms with Gasteiger partial charge in [-0.1, -0.05) is 34.1 Å². The highest BCUT2D eigenvalue weighted by Crippen LogP contribution is 2.24. The van der Waals surface area contributed by atoms with Crippen molar-refractivity contribution >= 4 is 11.6 Å². The average Bonchev–Trinajstić information content (AvgIpc) is 2.60. The van der Waals surface area contributed by atoms with Crippen molar-refractivity contribution in [3.63, 3.8) is 0 Å². The molecule has 132 valence electrons. The molecule has 0 saturated carbocycles. The van der Waals surface area contributed by atoms with Crippen molar-refractivity contribution < 1.29 is 13.9 Å². The van der Waals surface area contributed by atoms with Crippen molar-refractivity contribution in [1.29, 1.82) is 0 Å². The van der Waals surface area contributed by atoms with Gasteiger partial charge in [-0.05, 0) is 18.2 Å². The molecule has 0 unspecified atom stereocenters. The van der Waals surface area contributed by atoms with E-state index < -0.39 is 5.82 Å². The summed E-state index contributed by atoms with van der Waals surface area (Å²) in [6.45, 7) is 8.25. The normalized spacial score (nSPS) is 8.92. The second-order valence-corrected chi connectivity index (χ2v) is 4.45. The molecule has 5 nitrogen and oxygen atoms in total. The number of benzene rings is 1. The summed E-state index contributed by atoms with van der Waals surface area (Å²) in [6, 6.07) is 7.16. The fourth-order valence-electron chi connectivity index (χ4n) is 1.43. The van der Waals surface area contributed by atoms with E-state index in [9.17, 15) is 9.18 Å². The molecule has 1 amide bonds. The quantitative estimate of drug-likeness (QED) is 0.815. The SMILES string of the molecule is CC.CCC.CNC(=O)c1cc(Oc2ccc(N)c(F)c2)ccn1. The largest absolute Gasteiger partial charge is 0.457 e. The van der Waals surface area contributed by atoms with Crippen LogP contribution >= 0.6 is 0 Å². The molecule has 0 aliphatic heterocycles. The molecule has 3 N–H and O–H groups in total. The van der Waals surface area contributed by atoms with Crippen LogP contribution in [-0.4, -0.2) is 17.9 Å². The summed E-state index contributed by atoms with van der Waals surface area (Å²) in [5, 5.41) is 2.46. The molecule has 0 spiro atoms. The van der Waals surface area contributed by atoms with E-state index in [1.165, 1.54) is 37.9 Å². The third-order valence-corrected chi connectivity index (χ3v) is 2.40. The Morgan fingerprint density at radius 2 is 1.79 bits per heavy atom. The van der Waals surface area contributed by atoms with E-state index in [2.05, 4.69) is 24.1 Å². The molecule has 6 heteroatoms. The lowest BCUT2D eigenvalue weighted by molar-refractivity contribution is 0.0958. The summed E-state index contributed by atoms with van der Waals surface area (Å²) in [4.78, 5) is 15.3. The number of hydrogen-bond donors (Lipinski definition) is 2. The van der Waals surface area contributed by atoms with Crippen molar-refractivity contribution in [3.05, 3.63) is 48.0 Å². The van der Waals surface area contributed by atoms with E-state index >= 15 is 0 Å². The van der Waals surface area contributed by atoms with E-state index in [0.29, 0.717) is 11.5 Å². The number of ether oxygens (including phenoxy) is 1. The number of hydrogen-bond acceptors (Lipinski definition) is 4. The van der Waals surface area contributed by atoms with E-state index in [0.717, 1.165) is 0 Å². The summed E-state index contributed by atoms with van der Waals surface area (Å²) in [5.41, 5.74) is 5.64. The molecule has 2 rings (SSSR count). The Morgan fingerprint density at radius 1 is 1.21 bits per heavy atom. The minimum absolute atomic E-state index is 0.0492. The Kier molecular flexibility index (Phi) is 10.6. The minimum atomic E-state index is -0.557. The van der Waals surface area contributed by atoms with Crippen LogP contribution in [0.2, 0.25) is 0 Å². The molecule has 0 radical (unpaired) electrons. The standard InChI is InChI=1S/C13H12FN3O2.C3H8.C2H6/c1-16-13(18)12-7-9(4-5-17-12)19-8-2-3-11(15)10(14)6-8;1-3-2;1-2/h2-7H,15H2,1H3,(H,16,18);3H2,1-2H3;1-2H3. The molecule has 0 aliphatic rings. The molecule has 1 aromatic heterocycles. The summed E-state index contributed by atoms with van der Waals surface area (Å²) in [7, 11) is 1.51. The lowest BCUT2D eigenvalue weighted by Crippen LogP contribution is -2.18. The summed E-state index contributed by atoms with van der Waals surface area (Å²) >= 11 is 0.